The van der Waals surface area contributed by atoms with Crippen LogP contribution in [0.15, 0.2) is 85.5 Å². The van der Waals surface area contributed by atoms with Gasteiger partial charge in [0.25, 0.3) is 0 Å². The molecule has 0 amide bonds. The number of rotatable bonds is 5. The molecule has 162 valence electrons. The second-order valence-corrected chi connectivity index (χ2v) is 8.23. The third-order valence-electron chi connectivity index (χ3n) is 6.36. The summed E-state index contributed by atoms with van der Waals surface area (Å²) in [4.78, 5) is 31.7. The summed E-state index contributed by atoms with van der Waals surface area (Å²) in [5, 5.41) is 0. The number of hydrogen-bond donors (Lipinski definition) is 2. The topological polar surface area (TPSA) is 84.2 Å². The van der Waals surface area contributed by atoms with Crippen molar-refractivity contribution in [1.82, 2.24) is 9.97 Å². The first kappa shape index (κ1) is 20.1. The molecule has 0 fully saturated rings. The fraction of sp³-hybridized carbons (Fsp3) is 0.231. The highest BCUT2D eigenvalue weighted by Crippen LogP contribution is 2.47. The first-order valence-electron chi connectivity index (χ1n) is 10.7. The number of H-pyrrole nitrogens is 2. The van der Waals surface area contributed by atoms with Crippen molar-refractivity contribution in [3.8, 4) is 0 Å². The lowest BCUT2D eigenvalue weighted by molar-refractivity contribution is -0.0603. The van der Waals surface area contributed by atoms with Crippen molar-refractivity contribution < 1.29 is 19.1 Å². The van der Waals surface area contributed by atoms with E-state index in [0.29, 0.717) is 11.1 Å². The van der Waals surface area contributed by atoms with Gasteiger partial charge in [0.2, 0.25) is 0 Å². The van der Waals surface area contributed by atoms with Crippen LogP contribution >= 0.6 is 0 Å². The van der Waals surface area contributed by atoms with E-state index in [-0.39, 0.29) is 17.8 Å². The Morgan fingerprint density at radius 1 is 0.781 bits per heavy atom. The van der Waals surface area contributed by atoms with Crippen molar-refractivity contribution in [1.29, 1.82) is 0 Å². The lowest BCUT2D eigenvalue weighted by atomic mass is 9.69. The largest absolute Gasteiger partial charge is 0.454 e. The smallest absolute Gasteiger partial charge is 0.340 e. The van der Waals surface area contributed by atoms with Crippen LogP contribution in [0.4, 0.5) is 0 Å². The minimum atomic E-state index is -0.650. The minimum absolute atomic E-state index is 0.0288. The zero-order valence-corrected chi connectivity index (χ0v) is 17.6. The monoisotopic (exact) mass is 428 g/mol. The Morgan fingerprint density at radius 2 is 1.34 bits per heavy atom. The Balaban J connectivity index is 1.56. The number of aromatic nitrogens is 2. The van der Waals surface area contributed by atoms with Crippen molar-refractivity contribution in [2.75, 3.05) is 0 Å². The van der Waals surface area contributed by atoms with E-state index in [4.69, 9.17) is 9.47 Å². The van der Waals surface area contributed by atoms with Gasteiger partial charge in [-0.05, 0) is 23.3 Å². The van der Waals surface area contributed by atoms with E-state index in [1.54, 1.807) is 36.9 Å². The highest BCUT2D eigenvalue weighted by molar-refractivity contribution is 5.90. The van der Waals surface area contributed by atoms with Gasteiger partial charge in [-0.25, -0.2) is 9.59 Å². The molecule has 32 heavy (non-hydrogen) atoms. The number of fused-ring (bicyclic) bond motifs is 1. The highest BCUT2D eigenvalue weighted by Gasteiger charge is 2.48. The van der Waals surface area contributed by atoms with Crippen molar-refractivity contribution in [3.05, 3.63) is 108 Å². The molecule has 1 aromatic carbocycles. The van der Waals surface area contributed by atoms with Gasteiger partial charge in [0.05, 0.1) is 11.1 Å². The summed E-state index contributed by atoms with van der Waals surface area (Å²) >= 11 is 0. The fourth-order valence-electron chi connectivity index (χ4n) is 4.78. The molecule has 0 saturated heterocycles. The van der Waals surface area contributed by atoms with E-state index in [2.05, 4.69) is 34.3 Å². The summed E-state index contributed by atoms with van der Waals surface area (Å²) in [5.74, 6) is -1.18. The Labute approximate surface area is 186 Å². The van der Waals surface area contributed by atoms with E-state index in [9.17, 15) is 9.59 Å². The third-order valence-corrected chi connectivity index (χ3v) is 6.36. The molecule has 2 aliphatic carbocycles. The number of nitrogens with one attached hydrogen (secondary N) is 2. The number of allylic oxidation sites excluding steroid dienone is 4. The molecule has 5 rings (SSSR count). The van der Waals surface area contributed by atoms with Gasteiger partial charge in [-0.1, -0.05) is 55.5 Å². The average molecular weight is 428 g/mol. The summed E-state index contributed by atoms with van der Waals surface area (Å²) < 4.78 is 12.1. The third kappa shape index (κ3) is 3.58. The van der Waals surface area contributed by atoms with E-state index in [1.165, 1.54) is 0 Å². The number of carbonyl (C=O) groups is 2. The molecule has 6 heteroatoms. The molecule has 2 N–H and O–H groups in total. The molecule has 0 radical (unpaired) electrons. The molecule has 6 nitrogen and oxygen atoms in total. The van der Waals surface area contributed by atoms with Crippen LogP contribution in [0.3, 0.4) is 0 Å². The van der Waals surface area contributed by atoms with Crippen molar-refractivity contribution in [2.45, 2.75) is 31.0 Å². The predicted octanol–water partition coefficient (Wildman–Crippen LogP) is 4.74. The van der Waals surface area contributed by atoms with Crippen LogP contribution in [0.2, 0.25) is 0 Å². The van der Waals surface area contributed by atoms with Gasteiger partial charge in [0.15, 0.2) is 0 Å². The average Bonchev–Trinajstić information content (AvgIpc) is 3.59. The normalized spacial score (nSPS) is 24.3. The molecule has 2 heterocycles. The van der Waals surface area contributed by atoms with Crippen LogP contribution in [0.25, 0.3) is 0 Å². The van der Waals surface area contributed by atoms with Gasteiger partial charge >= 0.3 is 11.9 Å². The van der Waals surface area contributed by atoms with Crippen molar-refractivity contribution >= 4 is 11.9 Å². The summed E-state index contributed by atoms with van der Waals surface area (Å²) in [5.41, 5.74) is 3.08. The number of carbonyl (C=O) groups excluding carboxylic acids is 2. The van der Waals surface area contributed by atoms with Crippen LogP contribution in [-0.2, 0) is 9.47 Å². The number of esters is 2. The standard InChI is InChI=1S/C26H24N2O4/c1-16-20-8-4-5-9-21(20)22(17-6-2-3-7-17)24(32-26(30)19-11-13-28-15-19)23(16)31-25(29)18-10-12-27-14-18/h2-17,22-24,27-28H,1H3/t16-,22-,23?,24?/m0/s1. The number of ether oxygens (including phenoxy) is 2. The van der Waals surface area contributed by atoms with Gasteiger partial charge < -0.3 is 19.4 Å². The van der Waals surface area contributed by atoms with Gasteiger partial charge in [-0.2, -0.15) is 0 Å². The molecule has 0 spiro atoms. The molecule has 2 aromatic heterocycles. The maximum atomic E-state index is 13.0. The maximum absolute atomic E-state index is 13.0. The Kier molecular flexibility index (Phi) is 5.27. The fourth-order valence-corrected chi connectivity index (χ4v) is 4.78. The summed E-state index contributed by atoms with van der Waals surface area (Å²) in [7, 11) is 0. The van der Waals surface area contributed by atoms with E-state index < -0.39 is 24.1 Å². The van der Waals surface area contributed by atoms with Crippen LogP contribution < -0.4 is 0 Å². The summed E-state index contributed by atoms with van der Waals surface area (Å²) in [6, 6.07) is 11.5. The number of aromatic amines is 2. The second-order valence-electron chi connectivity index (χ2n) is 8.23. The van der Waals surface area contributed by atoms with Gasteiger partial charge in [0.1, 0.15) is 12.2 Å². The first-order chi connectivity index (χ1) is 15.6. The molecule has 0 saturated carbocycles. The van der Waals surface area contributed by atoms with E-state index in [0.717, 1.165) is 11.1 Å². The summed E-state index contributed by atoms with van der Waals surface area (Å²) in [6.45, 7) is 2.02. The zero-order valence-electron chi connectivity index (χ0n) is 17.6. The quantitative estimate of drug-likeness (QED) is 0.575. The number of hydrogen-bond acceptors (Lipinski definition) is 4. The molecule has 0 aliphatic heterocycles. The second kappa shape index (κ2) is 8.38. The SMILES string of the molecule is C[C@H]1c2ccccc2[C@H](C2C=CC=C2)C(OC(=O)c2cc[nH]c2)C1OC(=O)c1cc[nH]c1. The maximum Gasteiger partial charge on any atom is 0.340 e. The van der Waals surface area contributed by atoms with Crippen molar-refractivity contribution in [3.63, 3.8) is 0 Å². The lowest BCUT2D eigenvalue weighted by Crippen LogP contribution is -2.47. The molecule has 2 unspecified atom stereocenters. The zero-order chi connectivity index (χ0) is 22.1. The molecule has 3 aromatic rings. The Hall–Kier alpha value is -3.80. The van der Waals surface area contributed by atoms with Gasteiger partial charge in [-0.15, -0.1) is 0 Å². The van der Waals surface area contributed by atoms with Crippen LogP contribution in [0.5, 0.6) is 0 Å². The van der Waals surface area contributed by atoms with Crippen LogP contribution in [0, 0.1) is 5.92 Å². The number of benzene rings is 1. The lowest BCUT2D eigenvalue weighted by Gasteiger charge is -2.43. The van der Waals surface area contributed by atoms with Gasteiger partial charge in [0, 0.05) is 42.5 Å². The van der Waals surface area contributed by atoms with Crippen LogP contribution in [-0.4, -0.2) is 34.1 Å². The molecular formula is C26H24N2O4. The first-order valence-corrected chi connectivity index (χ1v) is 10.7. The molecule has 2 aliphatic rings. The van der Waals surface area contributed by atoms with Crippen LogP contribution in [0.1, 0.15) is 50.6 Å². The molecule has 0 bridgehead atoms. The van der Waals surface area contributed by atoms with E-state index >= 15 is 0 Å². The predicted molar refractivity (Wildman–Crippen MR) is 119 cm³/mol. The minimum Gasteiger partial charge on any atom is -0.454 e. The Morgan fingerprint density at radius 3 is 1.91 bits per heavy atom. The summed E-state index contributed by atoms with van der Waals surface area (Å²) in [6.07, 6.45) is 13.5. The van der Waals surface area contributed by atoms with E-state index in [1.807, 2.05) is 31.2 Å². The molecule has 4 atom stereocenters. The Bertz CT molecular complexity index is 1150. The highest BCUT2D eigenvalue weighted by atomic mass is 16.6. The van der Waals surface area contributed by atoms with Crippen molar-refractivity contribution in [2.24, 2.45) is 5.92 Å². The molecular weight excluding hydrogens is 404 g/mol. The van der Waals surface area contributed by atoms with Gasteiger partial charge in [-0.3, -0.25) is 0 Å².